The molecule has 0 aliphatic heterocycles. The van der Waals surface area contributed by atoms with Gasteiger partial charge in [0.2, 0.25) is 5.91 Å². The van der Waals surface area contributed by atoms with Crippen molar-refractivity contribution in [1.82, 2.24) is 10.3 Å². The Labute approximate surface area is 88.3 Å². The number of nitrogens with two attached hydrogens (primary N) is 2. The van der Waals surface area contributed by atoms with Gasteiger partial charge in [-0.25, -0.2) is 4.98 Å². The van der Waals surface area contributed by atoms with Crippen LogP contribution in [0.3, 0.4) is 0 Å². The lowest BCUT2D eigenvalue weighted by atomic mass is 10.3. The molecule has 0 aliphatic rings. The minimum absolute atomic E-state index is 0.0882. The number of rotatable bonds is 3. The molecule has 82 valence electrons. The molecule has 0 spiro atoms. The van der Waals surface area contributed by atoms with Gasteiger partial charge < -0.3 is 21.7 Å². The van der Waals surface area contributed by atoms with Crippen molar-refractivity contribution in [1.29, 1.82) is 0 Å². The highest BCUT2D eigenvalue weighted by molar-refractivity contribution is 5.80. The summed E-state index contributed by atoms with van der Waals surface area (Å²) in [7, 11) is 3.34. The Hall–Kier alpha value is -1.98. The number of hydrogen-bond donors (Lipinski definition) is 3. The van der Waals surface area contributed by atoms with Crippen molar-refractivity contribution >= 4 is 23.2 Å². The minimum atomic E-state index is -0.0882. The second-order valence-corrected chi connectivity index (χ2v) is 3.17. The zero-order chi connectivity index (χ0) is 11.4. The first-order chi connectivity index (χ1) is 7.04. The van der Waals surface area contributed by atoms with Crippen LogP contribution >= 0.6 is 0 Å². The van der Waals surface area contributed by atoms with Gasteiger partial charge in [0.1, 0.15) is 11.6 Å². The second kappa shape index (κ2) is 4.50. The summed E-state index contributed by atoms with van der Waals surface area (Å²) < 4.78 is 0. The van der Waals surface area contributed by atoms with Gasteiger partial charge in [0.05, 0.1) is 12.2 Å². The number of nitrogens with one attached hydrogen (secondary N) is 1. The summed E-state index contributed by atoms with van der Waals surface area (Å²) >= 11 is 0. The molecule has 0 fully saturated rings. The number of anilines is 3. The van der Waals surface area contributed by atoms with Crippen LogP contribution in [-0.4, -0.2) is 31.5 Å². The molecular weight excluding hydrogens is 194 g/mol. The highest BCUT2D eigenvalue weighted by Crippen LogP contribution is 2.16. The molecule has 1 rings (SSSR count). The van der Waals surface area contributed by atoms with Crippen LogP contribution in [0.15, 0.2) is 12.1 Å². The number of pyridine rings is 1. The average Bonchev–Trinajstić information content (AvgIpc) is 2.21. The van der Waals surface area contributed by atoms with Gasteiger partial charge >= 0.3 is 0 Å². The van der Waals surface area contributed by atoms with Crippen LogP contribution in [0.1, 0.15) is 0 Å². The molecule has 0 radical (unpaired) electrons. The highest BCUT2D eigenvalue weighted by atomic mass is 16.1. The monoisotopic (exact) mass is 209 g/mol. The van der Waals surface area contributed by atoms with Crippen LogP contribution in [0, 0.1) is 0 Å². The SMILES string of the molecule is CNC(=O)CN(C)c1ccc(N)c(N)n1. The number of carbonyl (C=O) groups excluding carboxylic acids is 1. The molecule has 0 atom stereocenters. The lowest BCUT2D eigenvalue weighted by Crippen LogP contribution is -2.33. The van der Waals surface area contributed by atoms with E-state index in [9.17, 15) is 4.79 Å². The normalized spacial score (nSPS) is 9.73. The van der Waals surface area contributed by atoms with Gasteiger partial charge in [-0.05, 0) is 12.1 Å². The van der Waals surface area contributed by atoms with E-state index >= 15 is 0 Å². The van der Waals surface area contributed by atoms with Crippen molar-refractivity contribution in [2.24, 2.45) is 0 Å². The van der Waals surface area contributed by atoms with Crippen molar-refractivity contribution in [3.8, 4) is 0 Å². The molecule has 0 aromatic carbocycles. The Morgan fingerprint density at radius 1 is 1.53 bits per heavy atom. The standard InChI is InChI=1S/C9H15N5O/c1-12-8(15)5-14(2)7-4-3-6(10)9(11)13-7/h3-4H,5,10H2,1-2H3,(H2,11,13)(H,12,15). The topological polar surface area (TPSA) is 97.3 Å². The Balaban J connectivity index is 2.78. The van der Waals surface area contributed by atoms with Crippen molar-refractivity contribution in [3.63, 3.8) is 0 Å². The maximum atomic E-state index is 11.1. The number of amides is 1. The number of likely N-dealkylation sites (N-methyl/N-ethyl adjacent to an activating group) is 2. The number of hydrogen-bond acceptors (Lipinski definition) is 5. The van der Waals surface area contributed by atoms with E-state index in [1.165, 1.54) is 0 Å². The van der Waals surface area contributed by atoms with Crippen molar-refractivity contribution < 1.29 is 4.79 Å². The van der Waals surface area contributed by atoms with Crippen LogP contribution in [0.5, 0.6) is 0 Å². The van der Waals surface area contributed by atoms with Crippen LogP contribution in [0.4, 0.5) is 17.3 Å². The Kier molecular flexibility index (Phi) is 3.33. The summed E-state index contributed by atoms with van der Waals surface area (Å²) in [6, 6.07) is 3.38. The van der Waals surface area contributed by atoms with Gasteiger partial charge in [-0.3, -0.25) is 4.79 Å². The molecule has 0 unspecified atom stereocenters. The Bertz CT molecular complexity index is 366. The van der Waals surface area contributed by atoms with E-state index < -0.39 is 0 Å². The summed E-state index contributed by atoms with van der Waals surface area (Å²) in [6.07, 6.45) is 0. The molecule has 6 heteroatoms. The quantitative estimate of drug-likeness (QED) is 0.619. The van der Waals surface area contributed by atoms with Gasteiger partial charge in [0.15, 0.2) is 0 Å². The van der Waals surface area contributed by atoms with Crippen molar-refractivity contribution in [3.05, 3.63) is 12.1 Å². The molecule has 1 amide bonds. The number of nitrogen functional groups attached to an aromatic ring is 2. The van der Waals surface area contributed by atoms with Gasteiger partial charge in [-0.1, -0.05) is 0 Å². The number of carbonyl (C=O) groups is 1. The van der Waals surface area contributed by atoms with Crippen LogP contribution in [0.2, 0.25) is 0 Å². The maximum Gasteiger partial charge on any atom is 0.239 e. The molecule has 5 N–H and O–H groups in total. The molecule has 15 heavy (non-hydrogen) atoms. The van der Waals surface area contributed by atoms with E-state index in [1.807, 2.05) is 0 Å². The molecule has 0 saturated heterocycles. The molecule has 1 heterocycles. The maximum absolute atomic E-state index is 11.1. The fourth-order valence-corrected chi connectivity index (χ4v) is 1.06. The van der Waals surface area contributed by atoms with Gasteiger partial charge in [-0.2, -0.15) is 0 Å². The third kappa shape index (κ3) is 2.73. The fraction of sp³-hybridized carbons (Fsp3) is 0.333. The summed E-state index contributed by atoms with van der Waals surface area (Å²) in [6.45, 7) is 0.229. The predicted molar refractivity (Wildman–Crippen MR) is 60.4 cm³/mol. The Morgan fingerprint density at radius 2 is 2.20 bits per heavy atom. The average molecular weight is 209 g/mol. The van der Waals surface area contributed by atoms with E-state index in [0.717, 1.165) is 0 Å². The van der Waals surface area contributed by atoms with Crippen LogP contribution in [-0.2, 0) is 4.79 Å². The van der Waals surface area contributed by atoms with Crippen LogP contribution in [0.25, 0.3) is 0 Å². The first-order valence-electron chi connectivity index (χ1n) is 4.48. The van der Waals surface area contributed by atoms with E-state index in [0.29, 0.717) is 11.5 Å². The van der Waals surface area contributed by atoms with Crippen molar-refractivity contribution in [2.45, 2.75) is 0 Å². The first-order valence-corrected chi connectivity index (χ1v) is 4.48. The lowest BCUT2D eigenvalue weighted by molar-refractivity contribution is -0.119. The zero-order valence-corrected chi connectivity index (χ0v) is 8.82. The van der Waals surface area contributed by atoms with E-state index in [1.54, 1.807) is 31.1 Å². The van der Waals surface area contributed by atoms with Crippen LogP contribution < -0.4 is 21.7 Å². The summed E-state index contributed by atoms with van der Waals surface area (Å²) in [4.78, 5) is 16.9. The van der Waals surface area contributed by atoms with E-state index in [2.05, 4.69) is 10.3 Å². The first kappa shape index (κ1) is 11.1. The third-order valence-electron chi connectivity index (χ3n) is 1.99. The van der Waals surface area contributed by atoms with E-state index in [4.69, 9.17) is 11.5 Å². The molecule has 0 saturated carbocycles. The second-order valence-electron chi connectivity index (χ2n) is 3.17. The molecule has 1 aromatic heterocycles. The summed E-state index contributed by atoms with van der Waals surface area (Å²) in [5.74, 6) is 0.802. The van der Waals surface area contributed by atoms with Gasteiger partial charge in [0.25, 0.3) is 0 Å². The predicted octanol–water partition coefficient (Wildman–Crippen LogP) is -0.572. The fourth-order valence-electron chi connectivity index (χ4n) is 1.06. The summed E-state index contributed by atoms with van der Waals surface area (Å²) in [5, 5.41) is 2.53. The van der Waals surface area contributed by atoms with E-state index in [-0.39, 0.29) is 18.3 Å². The molecular formula is C9H15N5O. The minimum Gasteiger partial charge on any atom is -0.396 e. The molecule has 1 aromatic rings. The summed E-state index contributed by atoms with van der Waals surface area (Å²) in [5.41, 5.74) is 11.5. The van der Waals surface area contributed by atoms with Crippen molar-refractivity contribution in [2.75, 3.05) is 37.0 Å². The largest absolute Gasteiger partial charge is 0.396 e. The highest BCUT2D eigenvalue weighted by Gasteiger charge is 2.07. The number of aromatic nitrogens is 1. The van der Waals surface area contributed by atoms with Gasteiger partial charge in [-0.15, -0.1) is 0 Å². The molecule has 0 aliphatic carbocycles. The molecule has 0 bridgehead atoms. The smallest absolute Gasteiger partial charge is 0.239 e. The van der Waals surface area contributed by atoms with Gasteiger partial charge in [0, 0.05) is 14.1 Å². The zero-order valence-electron chi connectivity index (χ0n) is 8.82. The third-order valence-corrected chi connectivity index (χ3v) is 1.99. The Morgan fingerprint density at radius 3 is 2.73 bits per heavy atom. The lowest BCUT2D eigenvalue weighted by Gasteiger charge is -2.17. The molecule has 6 nitrogen and oxygen atoms in total. The number of nitrogens with zero attached hydrogens (tertiary/aromatic N) is 2.